The number of nitrogens with one attached hydrogen (secondary N) is 1. The van der Waals surface area contributed by atoms with E-state index in [0.29, 0.717) is 24.8 Å². The standard InChI is InChI=1S/C42H47N3O7/c1-5-7-21-34(47)51-26-31(29-17-10-8-11-18-29)43-39(48)35-33-22-23-42(52-33)36(35)40(49)45(32(25-46)30-19-12-9-13-20-30)38(42)41(50)44(24-6-2)37-27(3)15-14-16-28(37)4/h5-6,8-20,31-33,35-36,38,46H,1-2,7,21-26H2,3-4H3,(H,43,48)/t31-,32+,33-,35+,36+,38-,42+/m0/s1. The van der Waals surface area contributed by atoms with E-state index in [-0.39, 0.29) is 25.5 Å². The Bertz CT molecular complexity index is 1790. The summed E-state index contributed by atoms with van der Waals surface area (Å²) < 4.78 is 12.3. The van der Waals surface area contributed by atoms with Gasteiger partial charge in [-0.15, -0.1) is 13.2 Å². The summed E-state index contributed by atoms with van der Waals surface area (Å²) in [5.74, 6) is -3.54. The van der Waals surface area contributed by atoms with Crippen molar-refractivity contribution in [2.75, 3.05) is 24.7 Å². The van der Waals surface area contributed by atoms with Crippen molar-refractivity contribution in [1.82, 2.24) is 10.2 Å². The maximum atomic E-state index is 15.2. The van der Waals surface area contributed by atoms with Crippen molar-refractivity contribution in [2.45, 2.75) is 69.4 Å². The van der Waals surface area contributed by atoms with E-state index < -0.39 is 66.1 Å². The molecule has 0 unspecified atom stereocenters. The van der Waals surface area contributed by atoms with Crippen molar-refractivity contribution in [3.05, 3.63) is 126 Å². The van der Waals surface area contributed by atoms with E-state index in [1.807, 2.05) is 92.7 Å². The van der Waals surface area contributed by atoms with E-state index in [2.05, 4.69) is 18.5 Å². The van der Waals surface area contributed by atoms with Gasteiger partial charge in [0.25, 0.3) is 5.91 Å². The number of nitrogens with zero attached hydrogens (tertiary/aromatic N) is 2. The van der Waals surface area contributed by atoms with Crippen LogP contribution in [-0.4, -0.2) is 71.2 Å². The zero-order valence-electron chi connectivity index (χ0n) is 29.8. The Morgan fingerprint density at radius 2 is 1.65 bits per heavy atom. The minimum Gasteiger partial charge on any atom is -0.463 e. The van der Waals surface area contributed by atoms with Gasteiger partial charge in [0.15, 0.2) is 0 Å². The average molecular weight is 706 g/mol. The second-order valence-corrected chi connectivity index (χ2v) is 13.9. The molecule has 7 atom stereocenters. The number of likely N-dealkylation sites (tertiary alicyclic amines) is 1. The summed E-state index contributed by atoms with van der Waals surface area (Å²) in [4.78, 5) is 60.3. The Kier molecular flexibility index (Phi) is 11.1. The third kappa shape index (κ3) is 6.68. The molecular formula is C42H47N3O7. The van der Waals surface area contributed by atoms with E-state index in [1.54, 1.807) is 17.1 Å². The lowest BCUT2D eigenvalue weighted by Crippen LogP contribution is -2.57. The summed E-state index contributed by atoms with van der Waals surface area (Å²) in [7, 11) is 0. The lowest BCUT2D eigenvalue weighted by atomic mass is 9.70. The lowest BCUT2D eigenvalue weighted by Gasteiger charge is -2.40. The fraction of sp³-hybridized carbons (Fsp3) is 0.381. The number of aliphatic hydroxyl groups is 1. The Hall–Kier alpha value is -5.06. The van der Waals surface area contributed by atoms with E-state index in [9.17, 15) is 19.5 Å². The summed E-state index contributed by atoms with van der Waals surface area (Å²) in [6, 6.07) is 21.4. The van der Waals surface area contributed by atoms with Crippen molar-refractivity contribution in [1.29, 1.82) is 0 Å². The molecule has 0 radical (unpaired) electrons. The third-order valence-corrected chi connectivity index (χ3v) is 10.7. The van der Waals surface area contributed by atoms with Gasteiger partial charge in [-0.3, -0.25) is 19.2 Å². The number of ether oxygens (including phenoxy) is 2. The number of rotatable bonds is 15. The number of benzene rings is 3. The average Bonchev–Trinajstić information content (AvgIpc) is 3.80. The zero-order chi connectivity index (χ0) is 37.0. The number of aryl methyl sites for hydroxylation is 2. The highest BCUT2D eigenvalue weighted by Gasteiger charge is 2.75. The van der Waals surface area contributed by atoms with Crippen molar-refractivity contribution < 1.29 is 33.8 Å². The number of fused-ring (bicyclic) bond motifs is 1. The van der Waals surface area contributed by atoms with Crippen LogP contribution in [0.4, 0.5) is 5.69 Å². The highest BCUT2D eigenvalue weighted by Crippen LogP contribution is 2.60. The highest BCUT2D eigenvalue weighted by atomic mass is 16.5. The van der Waals surface area contributed by atoms with Gasteiger partial charge >= 0.3 is 5.97 Å². The van der Waals surface area contributed by atoms with E-state index in [1.165, 1.54) is 4.90 Å². The first-order valence-electron chi connectivity index (χ1n) is 17.9. The predicted octanol–water partition coefficient (Wildman–Crippen LogP) is 5.30. The molecule has 6 rings (SSSR count). The molecule has 10 nitrogen and oxygen atoms in total. The van der Waals surface area contributed by atoms with Crippen LogP contribution in [-0.2, 0) is 28.7 Å². The fourth-order valence-corrected chi connectivity index (χ4v) is 8.48. The second-order valence-electron chi connectivity index (χ2n) is 13.9. The second kappa shape index (κ2) is 15.7. The van der Waals surface area contributed by atoms with Crippen LogP contribution in [0.2, 0.25) is 0 Å². The number of anilines is 1. The number of hydrogen-bond acceptors (Lipinski definition) is 7. The summed E-state index contributed by atoms with van der Waals surface area (Å²) in [5, 5.41) is 14.0. The molecule has 3 aromatic rings. The maximum absolute atomic E-state index is 15.2. The first-order valence-corrected chi connectivity index (χ1v) is 17.9. The van der Waals surface area contributed by atoms with E-state index >= 15 is 4.79 Å². The molecule has 3 aromatic carbocycles. The van der Waals surface area contributed by atoms with Crippen molar-refractivity contribution in [3.8, 4) is 0 Å². The number of carbonyl (C=O) groups is 4. The normalized spacial score (nSPS) is 24.1. The number of carbonyl (C=O) groups excluding carboxylic acids is 4. The summed E-state index contributed by atoms with van der Waals surface area (Å²) in [6.07, 6.45) is 4.16. The third-order valence-electron chi connectivity index (χ3n) is 10.7. The Labute approximate surface area is 305 Å². The molecule has 2 bridgehead atoms. The molecule has 3 aliphatic heterocycles. The topological polar surface area (TPSA) is 125 Å². The quantitative estimate of drug-likeness (QED) is 0.163. The Morgan fingerprint density at radius 1 is 1.00 bits per heavy atom. The first-order chi connectivity index (χ1) is 25.2. The van der Waals surface area contributed by atoms with Crippen LogP contribution in [0.1, 0.15) is 60.0 Å². The number of hydrogen-bond donors (Lipinski definition) is 2. The number of esters is 1. The smallest absolute Gasteiger partial charge is 0.306 e. The summed E-state index contributed by atoms with van der Waals surface area (Å²) >= 11 is 0. The van der Waals surface area contributed by atoms with Crippen LogP contribution in [0.15, 0.2) is 104 Å². The van der Waals surface area contributed by atoms with Gasteiger partial charge in [-0.25, -0.2) is 0 Å². The number of amides is 3. The zero-order valence-corrected chi connectivity index (χ0v) is 29.8. The molecule has 3 aliphatic rings. The molecule has 0 aromatic heterocycles. The van der Waals surface area contributed by atoms with Crippen LogP contribution < -0.4 is 10.2 Å². The molecule has 3 fully saturated rings. The van der Waals surface area contributed by atoms with Gasteiger partial charge in [0, 0.05) is 18.7 Å². The monoisotopic (exact) mass is 705 g/mol. The number of allylic oxidation sites excluding steroid dienone is 1. The molecule has 3 amide bonds. The van der Waals surface area contributed by atoms with Crippen LogP contribution in [0.3, 0.4) is 0 Å². The van der Waals surface area contributed by atoms with Crippen LogP contribution in [0.5, 0.6) is 0 Å². The van der Waals surface area contributed by atoms with Crippen LogP contribution in [0, 0.1) is 25.7 Å². The molecule has 3 saturated heterocycles. The molecule has 0 aliphatic carbocycles. The van der Waals surface area contributed by atoms with Gasteiger partial charge in [0.1, 0.15) is 18.2 Å². The van der Waals surface area contributed by atoms with Crippen molar-refractivity contribution in [3.63, 3.8) is 0 Å². The minimum atomic E-state index is -1.32. The molecule has 3 heterocycles. The van der Waals surface area contributed by atoms with Gasteiger partial charge in [0.05, 0.1) is 36.6 Å². The Morgan fingerprint density at radius 3 is 2.27 bits per heavy atom. The van der Waals surface area contributed by atoms with Gasteiger partial charge < -0.3 is 29.7 Å². The Balaban J connectivity index is 1.39. The predicted molar refractivity (Wildman–Crippen MR) is 197 cm³/mol. The molecule has 52 heavy (non-hydrogen) atoms. The number of aliphatic hydroxyl groups excluding tert-OH is 1. The highest BCUT2D eigenvalue weighted by molar-refractivity contribution is 6.05. The van der Waals surface area contributed by atoms with Gasteiger partial charge in [-0.2, -0.15) is 0 Å². The lowest BCUT2D eigenvalue weighted by molar-refractivity contribution is -0.146. The molecule has 10 heteroatoms. The largest absolute Gasteiger partial charge is 0.463 e. The number of para-hydroxylation sites is 1. The molecule has 2 N–H and O–H groups in total. The molecule has 272 valence electrons. The van der Waals surface area contributed by atoms with Crippen LogP contribution in [0.25, 0.3) is 0 Å². The van der Waals surface area contributed by atoms with E-state index in [0.717, 1.165) is 22.4 Å². The van der Waals surface area contributed by atoms with Crippen molar-refractivity contribution in [2.24, 2.45) is 11.8 Å². The first kappa shape index (κ1) is 36.7. The van der Waals surface area contributed by atoms with E-state index in [4.69, 9.17) is 9.47 Å². The van der Waals surface area contributed by atoms with Gasteiger partial charge in [0.2, 0.25) is 11.8 Å². The van der Waals surface area contributed by atoms with Gasteiger partial charge in [-0.05, 0) is 55.4 Å². The van der Waals surface area contributed by atoms with Crippen LogP contribution >= 0.6 is 0 Å². The molecular weight excluding hydrogens is 658 g/mol. The van der Waals surface area contributed by atoms with Crippen molar-refractivity contribution >= 4 is 29.4 Å². The fourth-order valence-electron chi connectivity index (χ4n) is 8.48. The summed E-state index contributed by atoms with van der Waals surface area (Å²) in [6.45, 7) is 11.1. The maximum Gasteiger partial charge on any atom is 0.306 e. The molecule has 0 saturated carbocycles. The SMILES string of the molecule is C=CCCC(=O)OC[C@H](NC(=O)[C@@H]1[C@@H]2CC[C@]3(O2)[C@H](C(=O)N(CC=C)c2c(C)cccc2C)N([C@H](CO)c2ccccc2)C(=O)[C@@H]13)c1ccccc1. The van der Waals surface area contributed by atoms with Gasteiger partial charge in [-0.1, -0.05) is 91.0 Å². The molecule has 1 spiro atoms. The summed E-state index contributed by atoms with van der Waals surface area (Å²) in [5.41, 5.74) is 2.55. The minimum absolute atomic E-state index is 0.103.